The molecule has 0 aliphatic heterocycles. The second-order valence-electron chi connectivity index (χ2n) is 6.20. The van der Waals surface area contributed by atoms with Crippen LogP contribution in [-0.2, 0) is 0 Å². The van der Waals surface area contributed by atoms with Gasteiger partial charge in [-0.05, 0) is 37.6 Å². The third-order valence-corrected chi connectivity index (χ3v) is 4.18. The van der Waals surface area contributed by atoms with E-state index in [1.54, 1.807) is 31.2 Å². The SMILES string of the molecule is Cc1ccc(-n2c(O)c(C=Nc3ccccc3C(=O)O)c(=O)[nH]c2=O)c(C)c1. The maximum atomic E-state index is 12.3. The van der Waals surface area contributed by atoms with Gasteiger partial charge in [0.2, 0.25) is 5.88 Å². The number of aliphatic imine (C=N–C) groups is 1. The highest BCUT2D eigenvalue weighted by Gasteiger charge is 2.16. The Hall–Kier alpha value is -3.94. The molecule has 28 heavy (non-hydrogen) atoms. The van der Waals surface area contributed by atoms with Crippen LogP contribution in [0.3, 0.4) is 0 Å². The lowest BCUT2D eigenvalue weighted by Gasteiger charge is -2.12. The second-order valence-corrected chi connectivity index (χ2v) is 6.20. The molecule has 3 aromatic rings. The van der Waals surface area contributed by atoms with Crippen LogP contribution in [-0.4, -0.2) is 31.9 Å². The first kappa shape index (κ1) is 18.8. The van der Waals surface area contributed by atoms with Crippen molar-refractivity contribution in [2.24, 2.45) is 4.99 Å². The fourth-order valence-corrected chi connectivity index (χ4v) is 2.84. The molecule has 0 fully saturated rings. The Labute approximate surface area is 159 Å². The Kier molecular flexibility index (Phi) is 4.95. The predicted octanol–water partition coefficient (Wildman–Crippen LogP) is 2.30. The molecule has 0 spiro atoms. The van der Waals surface area contributed by atoms with Gasteiger partial charge in [0, 0.05) is 6.21 Å². The van der Waals surface area contributed by atoms with E-state index in [1.165, 1.54) is 12.1 Å². The van der Waals surface area contributed by atoms with Crippen LogP contribution in [0.2, 0.25) is 0 Å². The van der Waals surface area contributed by atoms with Crippen LogP contribution in [0.1, 0.15) is 27.0 Å². The maximum Gasteiger partial charge on any atom is 0.337 e. The number of aromatic amines is 1. The van der Waals surface area contributed by atoms with Crippen molar-refractivity contribution >= 4 is 17.9 Å². The molecule has 0 aliphatic carbocycles. The smallest absolute Gasteiger partial charge is 0.337 e. The first-order valence-corrected chi connectivity index (χ1v) is 8.32. The van der Waals surface area contributed by atoms with E-state index in [1.807, 2.05) is 13.0 Å². The number of carbonyl (C=O) groups is 1. The van der Waals surface area contributed by atoms with E-state index in [0.717, 1.165) is 21.9 Å². The Morgan fingerprint density at radius 2 is 1.86 bits per heavy atom. The average molecular weight is 379 g/mol. The number of benzene rings is 2. The number of aromatic nitrogens is 2. The normalized spacial score (nSPS) is 11.1. The number of hydrogen-bond acceptors (Lipinski definition) is 5. The molecule has 0 unspecified atom stereocenters. The molecule has 0 aliphatic rings. The fraction of sp³-hybridized carbons (Fsp3) is 0.100. The molecule has 0 amide bonds. The Balaban J connectivity index is 2.17. The van der Waals surface area contributed by atoms with Crippen molar-refractivity contribution in [2.75, 3.05) is 0 Å². The van der Waals surface area contributed by atoms with Crippen molar-refractivity contribution < 1.29 is 15.0 Å². The van der Waals surface area contributed by atoms with Crippen molar-refractivity contribution in [2.45, 2.75) is 13.8 Å². The van der Waals surface area contributed by atoms with Crippen LogP contribution in [0.5, 0.6) is 5.88 Å². The molecule has 2 aromatic carbocycles. The molecule has 1 heterocycles. The van der Waals surface area contributed by atoms with E-state index in [0.29, 0.717) is 5.69 Å². The highest BCUT2D eigenvalue weighted by atomic mass is 16.4. The number of aromatic carboxylic acids is 1. The van der Waals surface area contributed by atoms with Gasteiger partial charge in [0.25, 0.3) is 5.56 Å². The molecule has 1 aromatic heterocycles. The molecular formula is C20H17N3O5. The molecule has 8 nitrogen and oxygen atoms in total. The van der Waals surface area contributed by atoms with Gasteiger partial charge in [-0.25, -0.2) is 14.2 Å². The second kappa shape index (κ2) is 7.36. The van der Waals surface area contributed by atoms with Crippen LogP contribution in [0.25, 0.3) is 5.69 Å². The van der Waals surface area contributed by atoms with Gasteiger partial charge in [0.15, 0.2) is 0 Å². The van der Waals surface area contributed by atoms with Gasteiger partial charge >= 0.3 is 11.7 Å². The third-order valence-electron chi connectivity index (χ3n) is 4.18. The van der Waals surface area contributed by atoms with E-state index in [-0.39, 0.29) is 16.8 Å². The standard InChI is InChI=1S/C20H17N3O5/c1-11-7-8-16(12(2)9-11)23-18(25)14(17(24)22-20(23)28)10-21-15-6-4-3-5-13(15)19(26)27/h3-10,25H,1-2H3,(H,26,27)(H,22,24,28). The number of rotatable bonds is 4. The minimum Gasteiger partial charge on any atom is -0.493 e. The Bertz CT molecular complexity index is 1220. The molecule has 0 radical (unpaired) electrons. The molecule has 3 rings (SSSR count). The van der Waals surface area contributed by atoms with Crippen molar-refractivity contribution in [1.29, 1.82) is 0 Å². The van der Waals surface area contributed by atoms with Crippen molar-refractivity contribution in [3.8, 4) is 11.6 Å². The zero-order valence-electron chi connectivity index (χ0n) is 15.1. The summed E-state index contributed by atoms with van der Waals surface area (Å²) in [4.78, 5) is 41.9. The number of carboxylic acids is 1. The molecule has 142 valence electrons. The van der Waals surface area contributed by atoms with E-state index in [9.17, 15) is 24.6 Å². The summed E-state index contributed by atoms with van der Waals surface area (Å²) in [5.74, 6) is -1.76. The summed E-state index contributed by atoms with van der Waals surface area (Å²) in [6, 6.07) is 11.2. The number of aryl methyl sites for hydroxylation is 2. The quantitative estimate of drug-likeness (QED) is 0.600. The van der Waals surface area contributed by atoms with Crippen molar-refractivity contribution in [3.63, 3.8) is 0 Å². The van der Waals surface area contributed by atoms with E-state index in [2.05, 4.69) is 9.98 Å². The minimum absolute atomic E-state index is 0.0580. The van der Waals surface area contributed by atoms with Crippen LogP contribution < -0.4 is 11.2 Å². The number of nitrogens with zero attached hydrogens (tertiary/aromatic N) is 2. The van der Waals surface area contributed by atoms with Crippen molar-refractivity contribution in [3.05, 3.63) is 85.6 Å². The topological polar surface area (TPSA) is 125 Å². The van der Waals surface area contributed by atoms with Crippen LogP contribution in [0.15, 0.2) is 57.0 Å². The summed E-state index contributed by atoms with van der Waals surface area (Å²) in [7, 11) is 0. The van der Waals surface area contributed by atoms with E-state index in [4.69, 9.17) is 0 Å². The highest BCUT2D eigenvalue weighted by molar-refractivity contribution is 5.95. The predicted molar refractivity (Wildman–Crippen MR) is 104 cm³/mol. The lowest BCUT2D eigenvalue weighted by atomic mass is 10.1. The Morgan fingerprint density at radius 3 is 2.54 bits per heavy atom. The zero-order chi connectivity index (χ0) is 20.4. The average Bonchev–Trinajstić information content (AvgIpc) is 2.63. The molecule has 0 saturated heterocycles. The van der Waals surface area contributed by atoms with Crippen molar-refractivity contribution in [1.82, 2.24) is 9.55 Å². The van der Waals surface area contributed by atoms with Gasteiger partial charge in [-0.15, -0.1) is 0 Å². The monoisotopic (exact) mass is 379 g/mol. The molecule has 8 heteroatoms. The first-order valence-electron chi connectivity index (χ1n) is 8.32. The van der Waals surface area contributed by atoms with Crippen LogP contribution >= 0.6 is 0 Å². The van der Waals surface area contributed by atoms with E-state index >= 15 is 0 Å². The van der Waals surface area contributed by atoms with Crippen LogP contribution in [0, 0.1) is 13.8 Å². The first-order chi connectivity index (χ1) is 13.3. The lowest BCUT2D eigenvalue weighted by molar-refractivity contribution is 0.0698. The van der Waals surface area contributed by atoms with Gasteiger partial charge in [0.05, 0.1) is 16.9 Å². The summed E-state index contributed by atoms with van der Waals surface area (Å²) in [6.07, 6.45) is 1.04. The lowest BCUT2D eigenvalue weighted by Crippen LogP contribution is -2.31. The Morgan fingerprint density at radius 1 is 1.14 bits per heavy atom. The van der Waals surface area contributed by atoms with Gasteiger partial charge in [-0.3, -0.25) is 14.8 Å². The summed E-state index contributed by atoms with van der Waals surface area (Å²) < 4.78 is 0.973. The molecule has 0 atom stereocenters. The summed E-state index contributed by atoms with van der Waals surface area (Å²) in [5, 5.41) is 19.8. The number of para-hydroxylation sites is 1. The van der Waals surface area contributed by atoms with Gasteiger partial charge in [-0.1, -0.05) is 29.8 Å². The maximum absolute atomic E-state index is 12.3. The van der Waals surface area contributed by atoms with Gasteiger partial charge < -0.3 is 10.2 Å². The fourth-order valence-electron chi connectivity index (χ4n) is 2.84. The largest absolute Gasteiger partial charge is 0.493 e. The molecule has 0 saturated carbocycles. The summed E-state index contributed by atoms with van der Waals surface area (Å²) in [6.45, 7) is 3.67. The summed E-state index contributed by atoms with van der Waals surface area (Å²) in [5.41, 5.74) is 0.270. The number of aromatic hydroxyl groups is 1. The van der Waals surface area contributed by atoms with Gasteiger partial charge in [0.1, 0.15) is 5.56 Å². The summed E-state index contributed by atoms with van der Waals surface area (Å²) >= 11 is 0. The molecular weight excluding hydrogens is 362 g/mol. The number of nitrogens with one attached hydrogen (secondary N) is 1. The van der Waals surface area contributed by atoms with Gasteiger partial charge in [-0.2, -0.15) is 0 Å². The van der Waals surface area contributed by atoms with Crippen LogP contribution in [0.4, 0.5) is 5.69 Å². The number of H-pyrrole nitrogens is 1. The number of carboxylic acid groups (broad SMARTS) is 1. The third kappa shape index (κ3) is 3.48. The van der Waals surface area contributed by atoms with E-state index < -0.39 is 23.1 Å². The zero-order valence-corrected chi connectivity index (χ0v) is 15.1. The highest BCUT2D eigenvalue weighted by Crippen LogP contribution is 2.22. The molecule has 3 N–H and O–H groups in total. The number of hydrogen-bond donors (Lipinski definition) is 3. The molecule has 0 bridgehead atoms. The minimum atomic E-state index is -1.17.